The van der Waals surface area contributed by atoms with E-state index in [0.717, 1.165) is 0 Å². The SMILES string of the molecule is O=[N+]([O-])C[C@@H](O)C(F)(F)F. The van der Waals surface area contributed by atoms with Crippen molar-refractivity contribution in [3.8, 4) is 0 Å². The van der Waals surface area contributed by atoms with Crippen LogP contribution in [0.5, 0.6) is 0 Å². The maximum atomic E-state index is 11.3. The average Bonchev–Trinajstić information content (AvgIpc) is 1.60. The number of aliphatic hydroxyl groups excluding tert-OH is 1. The summed E-state index contributed by atoms with van der Waals surface area (Å²) in [5.74, 6) is 0. The van der Waals surface area contributed by atoms with E-state index in [0.29, 0.717) is 0 Å². The van der Waals surface area contributed by atoms with Gasteiger partial charge in [-0.3, -0.25) is 10.1 Å². The minimum atomic E-state index is -4.90. The molecule has 0 aliphatic heterocycles. The van der Waals surface area contributed by atoms with Crippen molar-refractivity contribution in [2.45, 2.75) is 12.3 Å². The lowest BCUT2D eigenvalue weighted by Crippen LogP contribution is -2.34. The molecule has 0 bridgehead atoms. The summed E-state index contributed by atoms with van der Waals surface area (Å²) in [6.45, 7) is -1.50. The Balaban J connectivity index is 3.85. The van der Waals surface area contributed by atoms with Gasteiger partial charge in [-0.1, -0.05) is 0 Å². The standard InChI is InChI=1S/C3H4F3NO3/c4-3(5,6)2(8)1-7(9)10/h2,8H,1H2/t2-/m1/s1. The molecule has 0 aliphatic carbocycles. The molecule has 0 spiro atoms. The molecule has 0 fully saturated rings. The fourth-order valence-corrected chi connectivity index (χ4v) is 0.245. The van der Waals surface area contributed by atoms with Gasteiger partial charge in [0.25, 0.3) is 0 Å². The molecule has 0 unspecified atom stereocenters. The van der Waals surface area contributed by atoms with Crippen molar-refractivity contribution in [1.29, 1.82) is 0 Å². The molecular formula is C3H4F3NO3. The van der Waals surface area contributed by atoms with Gasteiger partial charge in [-0.05, 0) is 0 Å². The van der Waals surface area contributed by atoms with E-state index in [1.165, 1.54) is 0 Å². The van der Waals surface area contributed by atoms with Gasteiger partial charge in [0.1, 0.15) is 0 Å². The van der Waals surface area contributed by atoms with Crippen LogP contribution < -0.4 is 0 Å². The minimum Gasteiger partial charge on any atom is -0.378 e. The second-order valence-electron chi connectivity index (χ2n) is 1.57. The van der Waals surface area contributed by atoms with Crippen LogP contribution in [0.1, 0.15) is 0 Å². The normalized spacial score (nSPS) is 14.8. The zero-order chi connectivity index (χ0) is 8.36. The fourth-order valence-electron chi connectivity index (χ4n) is 0.245. The van der Waals surface area contributed by atoms with Gasteiger partial charge in [-0.25, -0.2) is 0 Å². The van der Waals surface area contributed by atoms with Gasteiger partial charge in [0.15, 0.2) is 0 Å². The molecule has 0 aromatic carbocycles. The van der Waals surface area contributed by atoms with Crippen LogP contribution in [0.2, 0.25) is 0 Å². The van der Waals surface area contributed by atoms with E-state index in [-0.39, 0.29) is 0 Å². The Labute approximate surface area is 53.4 Å². The van der Waals surface area contributed by atoms with E-state index in [2.05, 4.69) is 0 Å². The number of halogens is 3. The molecule has 7 heteroatoms. The molecule has 0 rings (SSSR count). The first-order valence-electron chi connectivity index (χ1n) is 2.20. The van der Waals surface area contributed by atoms with Crippen molar-refractivity contribution in [3.05, 3.63) is 10.1 Å². The number of nitro groups is 1. The highest BCUT2D eigenvalue weighted by molar-refractivity contribution is 4.62. The lowest BCUT2D eigenvalue weighted by molar-refractivity contribution is -0.500. The van der Waals surface area contributed by atoms with E-state index < -0.39 is 23.7 Å². The summed E-state index contributed by atoms with van der Waals surface area (Å²) < 4.78 is 33.8. The molecule has 0 amide bonds. The van der Waals surface area contributed by atoms with E-state index in [9.17, 15) is 23.3 Å². The molecule has 0 heterocycles. The molecule has 4 nitrogen and oxygen atoms in total. The van der Waals surface area contributed by atoms with Crippen LogP contribution in [-0.2, 0) is 0 Å². The van der Waals surface area contributed by atoms with E-state index in [1.807, 2.05) is 0 Å². The highest BCUT2D eigenvalue weighted by atomic mass is 19.4. The van der Waals surface area contributed by atoms with Crippen molar-refractivity contribution in [3.63, 3.8) is 0 Å². The Morgan fingerprint density at radius 1 is 1.60 bits per heavy atom. The Kier molecular flexibility index (Phi) is 2.58. The molecule has 10 heavy (non-hydrogen) atoms. The van der Waals surface area contributed by atoms with Crippen molar-refractivity contribution >= 4 is 0 Å². The third-order valence-corrected chi connectivity index (χ3v) is 0.700. The predicted octanol–water partition coefficient (Wildman–Crippen LogP) is 0.186. The molecule has 0 radical (unpaired) electrons. The van der Waals surface area contributed by atoms with E-state index in [4.69, 9.17) is 5.11 Å². The van der Waals surface area contributed by atoms with Crippen LogP contribution in [0.4, 0.5) is 13.2 Å². The molecule has 1 atom stereocenters. The number of hydrogen-bond donors (Lipinski definition) is 1. The minimum absolute atomic E-state index is 1.22. The van der Waals surface area contributed by atoms with Crippen LogP contribution in [0.25, 0.3) is 0 Å². The van der Waals surface area contributed by atoms with Crippen LogP contribution in [0.3, 0.4) is 0 Å². The largest absolute Gasteiger partial charge is 0.420 e. The van der Waals surface area contributed by atoms with Crippen LogP contribution in [-0.4, -0.2) is 28.9 Å². The summed E-state index contributed by atoms with van der Waals surface area (Å²) in [4.78, 5) is 8.18. The van der Waals surface area contributed by atoms with Gasteiger partial charge in [-0.15, -0.1) is 0 Å². The van der Waals surface area contributed by atoms with Crippen molar-refractivity contribution in [1.82, 2.24) is 0 Å². The molecule has 0 aliphatic rings. The summed E-state index contributed by atoms with van der Waals surface area (Å²) in [5, 5.41) is 17.4. The number of alkyl halides is 3. The molecule has 60 valence electrons. The van der Waals surface area contributed by atoms with E-state index >= 15 is 0 Å². The smallest absolute Gasteiger partial charge is 0.378 e. The first-order valence-corrected chi connectivity index (χ1v) is 2.20. The zero-order valence-corrected chi connectivity index (χ0v) is 4.63. The first kappa shape index (κ1) is 9.15. The summed E-state index contributed by atoms with van der Waals surface area (Å²) in [5.41, 5.74) is 0. The monoisotopic (exact) mass is 159 g/mol. The zero-order valence-electron chi connectivity index (χ0n) is 4.63. The van der Waals surface area contributed by atoms with Crippen molar-refractivity contribution in [2.24, 2.45) is 0 Å². The van der Waals surface area contributed by atoms with Crippen LogP contribution >= 0.6 is 0 Å². The summed E-state index contributed by atoms with van der Waals surface area (Å²) in [6.07, 6.45) is -7.75. The van der Waals surface area contributed by atoms with Crippen LogP contribution in [0, 0.1) is 10.1 Å². The fraction of sp³-hybridized carbons (Fsp3) is 1.00. The molecule has 0 saturated heterocycles. The molecule has 1 N–H and O–H groups in total. The van der Waals surface area contributed by atoms with Gasteiger partial charge in [0, 0.05) is 4.92 Å². The number of aliphatic hydroxyl groups is 1. The van der Waals surface area contributed by atoms with Crippen molar-refractivity contribution in [2.75, 3.05) is 6.54 Å². The lowest BCUT2D eigenvalue weighted by Gasteiger charge is -2.08. The van der Waals surface area contributed by atoms with Gasteiger partial charge < -0.3 is 5.11 Å². The summed E-state index contributed by atoms with van der Waals surface area (Å²) in [7, 11) is 0. The first-order chi connectivity index (χ1) is 4.34. The molecule has 0 aromatic rings. The maximum Gasteiger partial charge on any atom is 0.420 e. The summed E-state index contributed by atoms with van der Waals surface area (Å²) in [6, 6.07) is 0. The second-order valence-corrected chi connectivity index (χ2v) is 1.57. The number of hydrogen-bond acceptors (Lipinski definition) is 3. The topological polar surface area (TPSA) is 63.4 Å². The van der Waals surface area contributed by atoms with Crippen molar-refractivity contribution < 1.29 is 23.2 Å². The molecule has 0 saturated carbocycles. The quantitative estimate of drug-likeness (QED) is 0.462. The third kappa shape index (κ3) is 3.23. The molecule has 0 aromatic heterocycles. The maximum absolute atomic E-state index is 11.3. The second kappa shape index (κ2) is 2.82. The third-order valence-electron chi connectivity index (χ3n) is 0.700. The van der Waals surface area contributed by atoms with Gasteiger partial charge in [0.2, 0.25) is 12.6 Å². The highest BCUT2D eigenvalue weighted by Crippen LogP contribution is 2.19. The van der Waals surface area contributed by atoms with Gasteiger partial charge in [-0.2, -0.15) is 13.2 Å². The van der Waals surface area contributed by atoms with Gasteiger partial charge >= 0.3 is 6.18 Å². The summed E-state index contributed by atoms with van der Waals surface area (Å²) >= 11 is 0. The predicted molar refractivity (Wildman–Crippen MR) is 23.9 cm³/mol. The van der Waals surface area contributed by atoms with Gasteiger partial charge in [0.05, 0.1) is 0 Å². The number of rotatable bonds is 2. The average molecular weight is 159 g/mol. The Bertz CT molecular complexity index is 133. The Morgan fingerprint density at radius 3 is 2.10 bits per heavy atom. The highest BCUT2D eigenvalue weighted by Gasteiger charge is 2.41. The Morgan fingerprint density at radius 2 is 2.00 bits per heavy atom. The van der Waals surface area contributed by atoms with E-state index in [1.54, 1.807) is 0 Å². The number of nitrogens with zero attached hydrogens (tertiary/aromatic N) is 1. The molecular weight excluding hydrogens is 155 g/mol. The Hall–Kier alpha value is -0.850. The lowest BCUT2D eigenvalue weighted by atomic mass is 10.3. The van der Waals surface area contributed by atoms with Crippen LogP contribution in [0.15, 0.2) is 0 Å².